The normalized spacial score (nSPS) is 49.3. The number of nitrogens with zero attached hydrogens (tertiary/aromatic N) is 6. The summed E-state index contributed by atoms with van der Waals surface area (Å²) in [4.78, 5) is 121. The van der Waals surface area contributed by atoms with E-state index < -0.39 is 55.2 Å². The number of carboxylic acids is 1. The van der Waals surface area contributed by atoms with Crippen LogP contribution in [0.3, 0.4) is 0 Å². The Bertz CT molecular complexity index is 4470. The first kappa shape index (κ1) is 79.4. The fourth-order valence-electron chi connectivity index (χ4n) is 29.6. The zero-order chi connectivity index (χ0) is 79.9. The largest absolute Gasteiger partial charge is 0.481 e. The van der Waals surface area contributed by atoms with Crippen LogP contribution in [0.2, 0.25) is 0 Å². The number of ketones is 6. The molecule has 0 spiro atoms. The van der Waals surface area contributed by atoms with Gasteiger partial charge in [-0.3, -0.25) is 24.0 Å². The maximum Gasteiger partial charge on any atom is 0.309 e. The second-order valence-electron chi connectivity index (χ2n) is 43.7. The number of allylic oxidation sites excluding steroid dienone is 12. The molecule has 0 heterocycles. The van der Waals surface area contributed by atoms with E-state index >= 15 is 0 Å². The summed E-state index contributed by atoms with van der Waals surface area (Å²) in [5, 5.41) is 13.5. The quantitative estimate of drug-likeness (QED) is 0.115. The fourth-order valence-corrected chi connectivity index (χ4v) is 29.6. The van der Waals surface area contributed by atoms with Crippen LogP contribution in [-0.2, 0) is 38.4 Å². The lowest BCUT2D eigenvalue weighted by atomic mass is 9.34. The number of carbonyl (C=O) groups is 8. The van der Waals surface area contributed by atoms with E-state index in [4.69, 9.17) is 31.0 Å². The van der Waals surface area contributed by atoms with Crippen LogP contribution >= 0.6 is 0 Å². The summed E-state index contributed by atoms with van der Waals surface area (Å²) in [7, 11) is 0. The van der Waals surface area contributed by atoms with E-state index in [2.05, 4.69) is 115 Å². The molecule has 580 valence electrons. The second-order valence-corrected chi connectivity index (χ2v) is 43.7. The highest BCUT2D eigenvalue weighted by Gasteiger charge is 2.74. The molecule has 0 unspecified atom stereocenters. The van der Waals surface area contributed by atoms with Crippen molar-refractivity contribution in [2.45, 2.75) is 286 Å². The Morgan fingerprint density at radius 1 is 0.417 bits per heavy atom. The molecule has 1 amide bonds. The number of carboxylic acid groups (broad SMARTS) is 1. The van der Waals surface area contributed by atoms with Crippen molar-refractivity contribution < 1.29 is 43.5 Å². The van der Waals surface area contributed by atoms with Crippen molar-refractivity contribution in [1.29, 1.82) is 0 Å². The molecule has 16 heteroatoms. The van der Waals surface area contributed by atoms with Crippen molar-refractivity contribution in [2.24, 2.45) is 156 Å². The van der Waals surface area contributed by atoms with Crippen molar-refractivity contribution in [3.8, 4) is 0 Å². The van der Waals surface area contributed by atoms with Gasteiger partial charge in [0.05, 0.1) is 25.1 Å². The summed E-state index contributed by atoms with van der Waals surface area (Å²) in [5.74, 6) is -0.795. The molecular weight excluding hydrogens is 1350 g/mol. The van der Waals surface area contributed by atoms with Gasteiger partial charge >= 0.3 is 5.97 Å². The van der Waals surface area contributed by atoms with E-state index in [9.17, 15) is 43.5 Å². The smallest absolute Gasteiger partial charge is 0.309 e. The molecule has 0 aromatic carbocycles. The molecule has 9 fully saturated rings. The van der Waals surface area contributed by atoms with Gasteiger partial charge in [0.15, 0.2) is 34.7 Å². The first-order chi connectivity index (χ1) is 49.6. The lowest BCUT2D eigenvalue weighted by Gasteiger charge is -2.69. The molecule has 16 nitrogen and oxygen atoms in total. The highest BCUT2D eigenvalue weighted by Crippen LogP contribution is 2.79. The van der Waals surface area contributed by atoms with Crippen LogP contribution in [0.4, 0.5) is 0 Å². The zero-order valence-electron chi connectivity index (χ0n) is 69.0. The lowest BCUT2D eigenvalue weighted by molar-refractivity contribution is -0.178. The van der Waals surface area contributed by atoms with E-state index in [-0.39, 0.29) is 153 Å². The van der Waals surface area contributed by atoms with Crippen LogP contribution in [0.1, 0.15) is 280 Å². The van der Waals surface area contributed by atoms with Gasteiger partial charge in [-0.1, -0.05) is 166 Å². The molecule has 24 atom stereocenters. The molecule has 0 aromatic heterocycles. The number of nitrogens with two attached hydrogens (primary N) is 1. The molecular formula is C92H123N7O9. The van der Waals surface area contributed by atoms with Crippen LogP contribution in [-0.4, -0.2) is 57.2 Å². The average molecular weight is 1470 g/mol. The number of hydrogen-bond donors (Lipinski definition) is 2. The third-order valence-corrected chi connectivity index (χ3v) is 37.4. The Labute approximate surface area is 643 Å². The number of azide groups is 1. The van der Waals surface area contributed by atoms with Crippen molar-refractivity contribution in [3.63, 3.8) is 0 Å². The molecule has 0 radical (unpaired) electrons. The number of carbonyl (C=O) groups excluding carboxylic acids is 7. The maximum atomic E-state index is 14.3. The van der Waals surface area contributed by atoms with Crippen LogP contribution in [0, 0.1) is 165 Å². The summed E-state index contributed by atoms with van der Waals surface area (Å²) in [6, 6.07) is 0. The number of hydrogen-bond acceptors (Lipinski definition) is 9. The monoisotopic (exact) mass is 1470 g/mol. The number of aliphatic carboxylic acids is 1. The molecule has 15 rings (SSSR count). The number of fused-ring (bicyclic) bond motifs is 21. The Hall–Kier alpha value is -6.66. The molecule has 3 N–H and O–H groups in total. The summed E-state index contributed by atoms with van der Waals surface area (Å²) >= 11 is 0. The standard InChI is InChI=1S/C31H40N4O3.C31H41NO4.C30H42N2O2/c1-26(2)21-9-10-30(6)22(29(21,5)17-19(33-8)24(26)37)15-20(36)23-18-16-28(4,25(38)34-35-32)12-11-27(18,3)13-14-31(23,30)7;1-26(2)21-9-10-30(6)22(29(21,5)17-19(32-8)24(26)34)15-20(33)23-18-16-28(4,25(35)36)12-11-27(18,3)13-14-31(23,30)7;1-25(2)21-9-10-29(6)22(28(21,5)17-19(32-8)24(25)34)15-20(33)23-18-16-27(4,31)13-11-26(18,3)12-14-30(23,29)7/h15,17-18,21,23H,9-14,16H2,1-7H3;15,17-18,21,23H,9-14,16H2,1-7H3,(H,35,36);15,17-18,21,23H,9-14,16,31H2,1-7H3/t2*18-,21-,23-,27+,28-,29-,30+,31+;18-,21-,23-,26+,27-,28-,29+,30+/m000/s1. The SMILES string of the molecule is [C-]#[N+]C1=C[C@]2(C)C3=CC(=O)[C@@H]4[C@@H]5C[C@@](C)(C(=O)N=[N+]=[N-])CC[C@]5(C)CC[C@@]4(C)[C@]3(C)CC[C@H]2C(C)(C)C1=O.[C-]#[N+]C1=C[C@]2(C)C3=CC(=O)[C@@H]4[C@@H]5C[C@@](C)(C(=O)O)CC[C@]5(C)CC[C@@]4(C)[C@]3(C)CC[C@H]2C(C)(C)C1=O.[C-]#[N+]C1=C[C@]2(C)C3=CC(=O)[C@@H]4[C@@H]5C[C@@](C)(N)CC[C@]5(C)CC[C@@]4(C)[C@]3(C)CC[C@H]2C(C)(C)C1=O. The first-order valence-electron chi connectivity index (χ1n) is 41.0. The van der Waals surface area contributed by atoms with Gasteiger partial charge in [0.2, 0.25) is 23.0 Å². The minimum absolute atomic E-state index is 0.00845. The third-order valence-electron chi connectivity index (χ3n) is 37.4. The number of Topliss-reactive ketones (excluding diaryl/α,β-unsaturated/α-hetero) is 3. The molecule has 0 aliphatic heterocycles. The van der Waals surface area contributed by atoms with Gasteiger partial charge < -0.3 is 25.2 Å². The number of amides is 1. The Morgan fingerprint density at radius 3 is 0.991 bits per heavy atom. The maximum absolute atomic E-state index is 14.3. The highest BCUT2D eigenvalue weighted by atomic mass is 16.4. The first-order valence-corrected chi connectivity index (χ1v) is 41.0. The van der Waals surface area contributed by atoms with Gasteiger partial charge in [-0.25, -0.2) is 14.5 Å². The van der Waals surface area contributed by atoms with Gasteiger partial charge in [0.1, 0.15) is 0 Å². The molecule has 15 aliphatic rings. The van der Waals surface area contributed by atoms with Gasteiger partial charge in [0.25, 0.3) is 0 Å². The molecule has 108 heavy (non-hydrogen) atoms. The lowest BCUT2D eigenvalue weighted by Crippen LogP contribution is -2.65. The zero-order valence-corrected chi connectivity index (χ0v) is 69.0. The van der Waals surface area contributed by atoms with Crippen LogP contribution < -0.4 is 5.73 Å². The summed E-state index contributed by atoms with van der Waals surface area (Å²) < 4.78 is 0. The molecule has 0 aromatic rings. The van der Waals surface area contributed by atoms with Crippen molar-refractivity contribution in [1.82, 2.24) is 0 Å². The van der Waals surface area contributed by atoms with Crippen LogP contribution in [0.5, 0.6) is 0 Å². The van der Waals surface area contributed by atoms with Crippen molar-refractivity contribution in [2.75, 3.05) is 0 Å². The minimum atomic E-state index is -0.793. The van der Waals surface area contributed by atoms with Gasteiger partial charge in [0, 0.05) is 66.1 Å². The third kappa shape index (κ3) is 10.3. The van der Waals surface area contributed by atoms with Crippen LogP contribution in [0.25, 0.3) is 25.0 Å². The molecule has 15 aliphatic carbocycles. The summed E-state index contributed by atoms with van der Waals surface area (Å²) in [5.41, 5.74) is 13.1. The van der Waals surface area contributed by atoms with Gasteiger partial charge in [-0.2, -0.15) is 0 Å². The van der Waals surface area contributed by atoms with E-state index in [0.717, 1.165) is 120 Å². The van der Waals surface area contributed by atoms with Crippen molar-refractivity contribution in [3.05, 3.63) is 115 Å². The van der Waals surface area contributed by atoms with E-state index in [1.807, 2.05) is 91.8 Å². The molecule has 0 saturated heterocycles. The Kier molecular flexibility index (Phi) is 17.8. The predicted molar refractivity (Wildman–Crippen MR) is 416 cm³/mol. The predicted octanol–water partition coefficient (Wildman–Crippen LogP) is 20.3. The number of rotatable bonds is 2. The van der Waals surface area contributed by atoms with Crippen molar-refractivity contribution >= 4 is 46.6 Å². The fraction of sp³-hybridized carbons (Fsp3) is 0.750. The topological polar surface area (TPSA) is 245 Å². The van der Waals surface area contributed by atoms with E-state index in [1.165, 1.54) is 5.57 Å². The second kappa shape index (κ2) is 24.2. The average Bonchev–Trinajstić information content (AvgIpc) is 0.681. The molecule has 9 saturated carbocycles. The summed E-state index contributed by atoms with van der Waals surface area (Å²) in [6.07, 6.45) is 30.1. The Balaban J connectivity index is 0.000000143. The molecule has 0 bridgehead atoms. The summed E-state index contributed by atoms with van der Waals surface area (Å²) in [6.45, 7) is 68.3. The van der Waals surface area contributed by atoms with Gasteiger partial charge in [-0.15, -0.1) is 0 Å². The van der Waals surface area contributed by atoms with E-state index in [0.29, 0.717) is 31.6 Å². The highest BCUT2D eigenvalue weighted by molar-refractivity contribution is 6.05. The van der Waals surface area contributed by atoms with E-state index in [1.54, 1.807) is 0 Å². The Morgan fingerprint density at radius 2 is 0.694 bits per heavy atom. The van der Waals surface area contributed by atoms with Gasteiger partial charge in [-0.05, 0) is 262 Å². The van der Waals surface area contributed by atoms with Crippen LogP contribution in [0.15, 0.2) is 75.4 Å². The minimum Gasteiger partial charge on any atom is -0.481 e.